The van der Waals surface area contributed by atoms with Crippen molar-refractivity contribution in [3.63, 3.8) is 0 Å². The quantitative estimate of drug-likeness (QED) is 0.440. The number of hydrogen-bond donors (Lipinski definition) is 1. The molecule has 7 heteroatoms. The summed E-state index contributed by atoms with van der Waals surface area (Å²) in [5.41, 5.74) is 2.05. The highest BCUT2D eigenvalue weighted by Crippen LogP contribution is 2.28. The standard InChI is InChI=1S/C22H20Cl3NO2S/c1-15(26-29(27,28)21-4-2-3-20(25)14-21)22(17-7-11-19(24)12-8-17)13-16-5-9-18(23)10-6-16/h2-12,14-15,22,26H,13H2,1H3. The first kappa shape index (κ1) is 22.1. The van der Waals surface area contributed by atoms with Gasteiger partial charge in [-0.1, -0.05) is 65.1 Å². The highest BCUT2D eigenvalue weighted by Gasteiger charge is 2.25. The zero-order valence-corrected chi connectivity index (χ0v) is 18.7. The van der Waals surface area contributed by atoms with E-state index < -0.39 is 10.0 Å². The van der Waals surface area contributed by atoms with Gasteiger partial charge in [0.25, 0.3) is 0 Å². The third-order valence-corrected chi connectivity index (χ3v) is 7.01. The average molecular weight is 469 g/mol. The number of rotatable bonds is 7. The minimum Gasteiger partial charge on any atom is -0.208 e. The van der Waals surface area contributed by atoms with Crippen molar-refractivity contribution >= 4 is 44.8 Å². The molecule has 0 amide bonds. The van der Waals surface area contributed by atoms with Crippen molar-refractivity contribution in [2.24, 2.45) is 0 Å². The normalized spacial score (nSPS) is 13.8. The molecule has 1 N–H and O–H groups in total. The van der Waals surface area contributed by atoms with Crippen LogP contribution in [0, 0.1) is 0 Å². The topological polar surface area (TPSA) is 46.2 Å². The van der Waals surface area contributed by atoms with Gasteiger partial charge in [-0.2, -0.15) is 0 Å². The predicted octanol–water partition coefficient (Wildman–Crippen LogP) is 6.34. The molecule has 2 unspecified atom stereocenters. The molecular weight excluding hydrogens is 449 g/mol. The summed E-state index contributed by atoms with van der Waals surface area (Å²) < 4.78 is 28.5. The second kappa shape index (κ2) is 9.50. The van der Waals surface area contributed by atoms with Crippen molar-refractivity contribution < 1.29 is 8.42 Å². The summed E-state index contributed by atoms with van der Waals surface area (Å²) in [6.45, 7) is 1.86. The Balaban J connectivity index is 1.90. The van der Waals surface area contributed by atoms with Gasteiger partial charge in [-0.25, -0.2) is 13.1 Å². The lowest BCUT2D eigenvalue weighted by molar-refractivity contribution is 0.503. The zero-order chi connectivity index (χ0) is 21.0. The van der Waals surface area contributed by atoms with Crippen LogP contribution in [0.5, 0.6) is 0 Å². The van der Waals surface area contributed by atoms with Crippen molar-refractivity contribution in [2.45, 2.75) is 30.2 Å². The lowest BCUT2D eigenvalue weighted by atomic mass is 9.87. The molecule has 3 rings (SSSR count). The fourth-order valence-corrected chi connectivity index (χ4v) is 5.03. The molecule has 0 aliphatic carbocycles. The average Bonchev–Trinajstić information content (AvgIpc) is 2.68. The summed E-state index contributed by atoms with van der Waals surface area (Å²) in [5.74, 6) is -0.109. The minimum absolute atomic E-state index is 0.109. The van der Waals surface area contributed by atoms with Crippen LogP contribution in [0.1, 0.15) is 24.0 Å². The van der Waals surface area contributed by atoms with Gasteiger partial charge in [0.05, 0.1) is 4.90 Å². The maximum Gasteiger partial charge on any atom is 0.240 e. The van der Waals surface area contributed by atoms with E-state index in [4.69, 9.17) is 34.8 Å². The highest BCUT2D eigenvalue weighted by atomic mass is 35.5. The van der Waals surface area contributed by atoms with Gasteiger partial charge >= 0.3 is 0 Å². The van der Waals surface area contributed by atoms with Gasteiger partial charge in [-0.05, 0) is 66.9 Å². The molecule has 3 nitrogen and oxygen atoms in total. The Bertz CT molecular complexity index is 1070. The number of sulfonamides is 1. The molecule has 152 valence electrons. The monoisotopic (exact) mass is 467 g/mol. The molecule has 0 heterocycles. The molecule has 29 heavy (non-hydrogen) atoms. The van der Waals surface area contributed by atoms with Crippen molar-refractivity contribution in [2.75, 3.05) is 0 Å². The fraction of sp³-hybridized carbons (Fsp3) is 0.182. The molecule has 0 aliphatic rings. The maximum absolute atomic E-state index is 12.9. The van der Waals surface area contributed by atoms with E-state index >= 15 is 0 Å². The van der Waals surface area contributed by atoms with Crippen molar-refractivity contribution in [3.8, 4) is 0 Å². The SMILES string of the molecule is CC(NS(=O)(=O)c1cccc(Cl)c1)C(Cc1ccc(Cl)cc1)c1ccc(Cl)cc1. The summed E-state index contributed by atoms with van der Waals surface area (Å²) in [6, 6.07) is 20.9. The predicted molar refractivity (Wildman–Crippen MR) is 121 cm³/mol. The Hall–Kier alpha value is -1.56. The summed E-state index contributed by atoms with van der Waals surface area (Å²) in [4.78, 5) is 0.137. The van der Waals surface area contributed by atoms with Crippen LogP contribution < -0.4 is 4.72 Å². The zero-order valence-electron chi connectivity index (χ0n) is 15.6. The van der Waals surface area contributed by atoms with E-state index in [1.54, 1.807) is 12.1 Å². The van der Waals surface area contributed by atoms with E-state index in [0.717, 1.165) is 11.1 Å². The Morgan fingerprint density at radius 1 is 0.828 bits per heavy atom. The number of halogens is 3. The second-order valence-corrected chi connectivity index (χ2v) is 9.88. The van der Waals surface area contributed by atoms with Crippen LogP contribution in [0.2, 0.25) is 15.1 Å². The molecule has 0 bridgehead atoms. The first-order valence-electron chi connectivity index (χ1n) is 9.02. The van der Waals surface area contributed by atoms with Gasteiger partial charge in [0.15, 0.2) is 0 Å². The van der Waals surface area contributed by atoms with Crippen LogP contribution in [-0.2, 0) is 16.4 Å². The van der Waals surface area contributed by atoms with Crippen LogP contribution in [0.25, 0.3) is 0 Å². The molecule has 3 aromatic carbocycles. The minimum atomic E-state index is -3.72. The van der Waals surface area contributed by atoms with Crippen LogP contribution in [0.3, 0.4) is 0 Å². The van der Waals surface area contributed by atoms with Crippen LogP contribution in [0.4, 0.5) is 0 Å². The van der Waals surface area contributed by atoms with E-state index in [9.17, 15) is 8.42 Å². The lowest BCUT2D eigenvalue weighted by Gasteiger charge is -2.26. The molecule has 0 aliphatic heterocycles. The molecule has 0 fully saturated rings. The lowest BCUT2D eigenvalue weighted by Crippen LogP contribution is -2.37. The highest BCUT2D eigenvalue weighted by molar-refractivity contribution is 7.89. The largest absolute Gasteiger partial charge is 0.240 e. The smallest absolute Gasteiger partial charge is 0.208 e. The maximum atomic E-state index is 12.9. The Morgan fingerprint density at radius 2 is 1.41 bits per heavy atom. The summed E-state index contributed by atoms with van der Waals surface area (Å²) in [5, 5.41) is 1.66. The molecule has 0 spiro atoms. The van der Waals surface area contributed by atoms with Crippen molar-refractivity contribution in [1.29, 1.82) is 0 Å². The summed E-state index contributed by atoms with van der Waals surface area (Å²) in [6.07, 6.45) is 0.637. The van der Waals surface area contributed by atoms with Crippen molar-refractivity contribution in [3.05, 3.63) is 99.0 Å². The summed E-state index contributed by atoms with van der Waals surface area (Å²) >= 11 is 18.0. The van der Waals surface area contributed by atoms with E-state index in [2.05, 4.69) is 4.72 Å². The number of hydrogen-bond acceptors (Lipinski definition) is 2. The van der Waals surface area contributed by atoms with Gasteiger partial charge in [-0.3, -0.25) is 0 Å². The van der Waals surface area contributed by atoms with E-state index in [1.807, 2.05) is 55.5 Å². The molecule has 3 aromatic rings. The van der Waals surface area contributed by atoms with Gasteiger partial charge in [0.1, 0.15) is 0 Å². The van der Waals surface area contributed by atoms with E-state index in [1.165, 1.54) is 12.1 Å². The molecule has 0 aromatic heterocycles. The number of benzene rings is 3. The van der Waals surface area contributed by atoms with Gasteiger partial charge in [-0.15, -0.1) is 0 Å². The molecular formula is C22H20Cl3NO2S. The van der Waals surface area contributed by atoms with Gasteiger partial charge in [0, 0.05) is 27.0 Å². The van der Waals surface area contributed by atoms with Crippen LogP contribution in [-0.4, -0.2) is 14.5 Å². The third-order valence-electron chi connectivity index (χ3n) is 4.72. The van der Waals surface area contributed by atoms with E-state index in [0.29, 0.717) is 21.5 Å². The Labute approximate surface area is 186 Å². The van der Waals surface area contributed by atoms with Crippen molar-refractivity contribution in [1.82, 2.24) is 4.72 Å². The van der Waals surface area contributed by atoms with Gasteiger partial charge in [0.2, 0.25) is 10.0 Å². The van der Waals surface area contributed by atoms with E-state index in [-0.39, 0.29) is 16.9 Å². The Kier molecular flexibility index (Phi) is 7.25. The molecule has 0 saturated carbocycles. The molecule has 0 radical (unpaired) electrons. The first-order chi connectivity index (χ1) is 13.7. The third kappa shape index (κ3) is 5.97. The van der Waals surface area contributed by atoms with Gasteiger partial charge < -0.3 is 0 Å². The summed E-state index contributed by atoms with van der Waals surface area (Å²) in [7, 11) is -3.72. The Morgan fingerprint density at radius 3 is 2.00 bits per heavy atom. The number of nitrogens with one attached hydrogen (secondary N) is 1. The second-order valence-electron chi connectivity index (χ2n) is 6.86. The molecule has 0 saturated heterocycles. The van der Waals surface area contributed by atoms with Crippen LogP contribution in [0.15, 0.2) is 77.7 Å². The van der Waals surface area contributed by atoms with Crippen LogP contribution >= 0.6 is 34.8 Å². The fourth-order valence-electron chi connectivity index (χ4n) is 3.20. The molecule has 2 atom stereocenters. The first-order valence-corrected chi connectivity index (χ1v) is 11.6.